The van der Waals surface area contributed by atoms with Crippen molar-refractivity contribution in [2.75, 3.05) is 30.3 Å². The Labute approximate surface area is 191 Å². The van der Waals surface area contributed by atoms with Gasteiger partial charge in [0.05, 0.1) is 20.4 Å². The Balaban J connectivity index is 1.54. The molecule has 166 valence electrons. The zero-order chi connectivity index (χ0) is 22.9. The molecule has 0 radical (unpaired) electrons. The number of aromatic nitrogens is 3. The van der Waals surface area contributed by atoms with Crippen LogP contribution in [0.1, 0.15) is 5.56 Å². The third kappa shape index (κ3) is 6.17. The van der Waals surface area contributed by atoms with Crippen LogP contribution in [0.2, 0.25) is 0 Å². The smallest absolute Gasteiger partial charge is 0.250 e. The lowest BCUT2D eigenvalue weighted by Crippen LogP contribution is -2.07. The lowest BCUT2D eigenvalue weighted by Gasteiger charge is -2.10. The lowest BCUT2D eigenvalue weighted by atomic mass is 10.2. The summed E-state index contributed by atoms with van der Waals surface area (Å²) in [5.74, 6) is 2.55. The highest BCUT2D eigenvalue weighted by molar-refractivity contribution is 5.80. The first-order valence-corrected chi connectivity index (χ1v) is 10.1. The molecule has 1 aromatic heterocycles. The standard InChI is InChI=1S/C24H23N7O2/c1-32-20-12-8-17(9-13-20)16-25-31-24-29-22(26-18-6-4-3-5-7-18)28-23(30-24)27-19-10-14-21(33-2)15-11-19/h3-16H,1-2H3,(H3,26,27,28,29,30,31)/b25-16+. The molecular weight excluding hydrogens is 418 g/mol. The fourth-order valence-electron chi connectivity index (χ4n) is 2.85. The summed E-state index contributed by atoms with van der Waals surface area (Å²) in [6, 6.07) is 24.6. The van der Waals surface area contributed by atoms with Crippen LogP contribution in [0, 0.1) is 0 Å². The van der Waals surface area contributed by atoms with Gasteiger partial charge in [0.1, 0.15) is 11.5 Å². The van der Waals surface area contributed by atoms with Crippen molar-refractivity contribution >= 4 is 35.4 Å². The average molecular weight is 441 g/mol. The summed E-state index contributed by atoms with van der Waals surface area (Å²) in [6.07, 6.45) is 1.67. The second-order valence-corrected chi connectivity index (χ2v) is 6.79. The molecule has 0 atom stereocenters. The van der Waals surface area contributed by atoms with Crippen LogP contribution < -0.4 is 25.5 Å². The minimum Gasteiger partial charge on any atom is -0.497 e. The minimum absolute atomic E-state index is 0.282. The van der Waals surface area contributed by atoms with Crippen LogP contribution in [0.3, 0.4) is 0 Å². The fourth-order valence-corrected chi connectivity index (χ4v) is 2.85. The van der Waals surface area contributed by atoms with E-state index >= 15 is 0 Å². The van der Waals surface area contributed by atoms with E-state index in [1.807, 2.05) is 78.9 Å². The molecule has 0 bridgehead atoms. The van der Waals surface area contributed by atoms with Gasteiger partial charge in [-0.1, -0.05) is 18.2 Å². The predicted octanol–water partition coefficient (Wildman–Crippen LogP) is 4.82. The zero-order valence-corrected chi connectivity index (χ0v) is 18.2. The maximum Gasteiger partial charge on any atom is 0.250 e. The normalized spacial score (nSPS) is 10.6. The summed E-state index contributed by atoms with van der Waals surface area (Å²) in [5.41, 5.74) is 5.43. The van der Waals surface area contributed by atoms with Crippen LogP contribution in [-0.2, 0) is 0 Å². The molecule has 0 aliphatic rings. The summed E-state index contributed by atoms with van der Waals surface area (Å²) in [4.78, 5) is 13.3. The van der Waals surface area contributed by atoms with Gasteiger partial charge < -0.3 is 20.1 Å². The van der Waals surface area contributed by atoms with Crippen LogP contribution in [0.4, 0.5) is 29.2 Å². The van der Waals surface area contributed by atoms with Crippen molar-refractivity contribution in [2.24, 2.45) is 5.10 Å². The Hall–Kier alpha value is -4.66. The maximum atomic E-state index is 5.21. The summed E-state index contributed by atoms with van der Waals surface area (Å²) in [7, 11) is 3.25. The van der Waals surface area contributed by atoms with Gasteiger partial charge in [-0.2, -0.15) is 20.1 Å². The summed E-state index contributed by atoms with van der Waals surface area (Å²) >= 11 is 0. The van der Waals surface area contributed by atoms with Crippen molar-refractivity contribution in [1.82, 2.24) is 15.0 Å². The molecule has 1 heterocycles. The number of benzene rings is 3. The van der Waals surface area contributed by atoms with Crippen molar-refractivity contribution in [3.63, 3.8) is 0 Å². The number of nitrogens with zero attached hydrogens (tertiary/aromatic N) is 4. The van der Waals surface area contributed by atoms with Crippen LogP contribution in [0.25, 0.3) is 0 Å². The number of ether oxygens (including phenoxy) is 2. The van der Waals surface area contributed by atoms with Crippen LogP contribution in [0.15, 0.2) is 84.0 Å². The summed E-state index contributed by atoms with van der Waals surface area (Å²) in [5, 5.41) is 10.6. The van der Waals surface area contributed by atoms with Gasteiger partial charge in [-0.05, 0) is 66.2 Å². The van der Waals surface area contributed by atoms with Crippen molar-refractivity contribution in [3.8, 4) is 11.5 Å². The van der Waals surface area contributed by atoms with Gasteiger partial charge in [-0.3, -0.25) is 0 Å². The van der Waals surface area contributed by atoms with Gasteiger partial charge in [0.15, 0.2) is 0 Å². The highest BCUT2D eigenvalue weighted by atomic mass is 16.5. The van der Waals surface area contributed by atoms with Crippen molar-refractivity contribution in [1.29, 1.82) is 0 Å². The molecule has 0 unspecified atom stereocenters. The van der Waals surface area contributed by atoms with Crippen LogP contribution in [0.5, 0.6) is 11.5 Å². The minimum atomic E-state index is 0.282. The zero-order valence-electron chi connectivity index (χ0n) is 18.2. The number of hydrogen-bond donors (Lipinski definition) is 3. The van der Waals surface area contributed by atoms with Crippen molar-refractivity contribution in [3.05, 3.63) is 84.4 Å². The van der Waals surface area contributed by atoms with E-state index in [9.17, 15) is 0 Å². The number of para-hydroxylation sites is 1. The third-order valence-electron chi connectivity index (χ3n) is 4.51. The fraction of sp³-hybridized carbons (Fsp3) is 0.0833. The molecule has 3 N–H and O–H groups in total. The molecule has 33 heavy (non-hydrogen) atoms. The van der Waals surface area contributed by atoms with Gasteiger partial charge in [0.2, 0.25) is 17.8 Å². The maximum absolute atomic E-state index is 5.21. The molecule has 0 spiro atoms. The first-order valence-electron chi connectivity index (χ1n) is 10.1. The molecule has 9 nitrogen and oxygen atoms in total. The van der Waals surface area contributed by atoms with E-state index in [-0.39, 0.29) is 5.95 Å². The quantitative estimate of drug-likeness (QED) is 0.251. The van der Waals surface area contributed by atoms with E-state index in [1.54, 1.807) is 20.4 Å². The summed E-state index contributed by atoms with van der Waals surface area (Å²) in [6.45, 7) is 0. The van der Waals surface area contributed by atoms with E-state index in [4.69, 9.17) is 9.47 Å². The topological polar surface area (TPSA) is 106 Å². The molecule has 0 amide bonds. The molecule has 9 heteroatoms. The largest absolute Gasteiger partial charge is 0.497 e. The van der Waals surface area contributed by atoms with Gasteiger partial charge in [0.25, 0.3) is 0 Å². The van der Waals surface area contributed by atoms with Gasteiger partial charge in [-0.25, -0.2) is 5.43 Å². The SMILES string of the molecule is COc1ccc(/C=N/Nc2nc(Nc3ccccc3)nc(Nc3ccc(OC)cc3)n2)cc1. The first-order chi connectivity index (χ1) is 16.2. The molecular formula is C24H23N7O2. The lowest BCUT2D eigenvalue weighted by molar-refractivity contribution is 0.414. The van der Waals surface area contributed by atoms with Crippen LogP contribution >= 0.6 is 0 Å². The second-order valence-electron chi connectivity index (χ2n) is 6.79. The predicted molar refractivity (Wildman–Crippen MR) is 130 cm³/mol. The number of methoxy groups -OCH3 is 2. The number of hydrogen-bond acceptors (Lipinski definition) is 9. The Kier molecular flexibility index (Phi) is 6.92. The number of anilines is 5. The molecule has 3 aromatic carbocycles. The molecule has 0 saturated heterocycles. The molecule has 4 aromatic rings. The molecule has 0 fully saturated rings. The molecule has 0 aliphatic heterocycles. The molecule has 4 rings (SSSR count). The third-order valence-corrected chi connectivity index (χ3v) is 4.51. The highest BCUT2D eigenvalue weighted by Crippen LogP contribution is 2.20. The van der Waals surface area contributed by atoms with Crippen LogP contribution in [-0.4, -0.2) is 35.4 Å². The second kappa shape index (κ2) is 10.6. The first kappa shape index (κ1) is 21.6. The van der Waals surface area contributed by atoms with Gasteiger partial charge >= 0.3 is 0 Å². The van der Waals surface area contributed by atoms with Gasteiger partial charge in [-0.15, -0.1) is 0 Å². The Morgan fingerprint density at radius 3 is 1.73 bits per heavy atom. The van der Waals surface area contributed by atoms with E-state index in [0.29, 0.717) is 11.9 Å². The summed E-state index contributed by atoms with van der Waals surface area (Å²) < 4.78 is 10.4. The van der Waals surface area contributed by atoms with E-state index in [1.165, 1.54) is 0 Å². The number of hydrazone groups is 1. The molecule has 0 aliphatic carbocycles. The highest BCUT2D eigenvalue weighted by Gasteiger charge is 2.08. The van der Waals surface area contributed by atoms with E-state index in [0.717, 1.165) is 28.4 Å². The van der Waals surface area contributed by atoms with Crippen molar-refractivity contribution < 1.29 is 9.47 Å². The van der Waals surface area contributed by atoms with Crippen molar-refractivity contribution in [2.45, 2.75) is 0 Å². The number of rotatable bonds is 9. The number of nitrogens with one attached hydrogen (secondary N) is 3. The average Bonchev–Trinajstić information content (AvgIpc) is 2.85. The van der Waals surface area contributed by atoms with E-state index in [2.05, 4.69) is 36.1 Å². The van der Waals surface area contributed by atoms with E-state index < -0.39 is 0 Å². The monoisotopic (exact) mass is 441 g/mol. The molecule has 0 saturated carbocycles. The Morgan fingerprint density at radius 1 is 0.636 bits per heavy atom. The Morgan fingerprint density at radius 2 is 1.15 bits per heavy atom. The Bertz CT molecular complexity index is 1200. The van der Waals surface area contributed by atoms with Gasteiger partial charge in [0, 0.05) is 11.4 Å².